The highest BCUT2D eigenvalue weighted by Crippen LogP contribution is 2.44. The van der Waals surface area contributed by atoms with Crippen molar-refractivity contribution in [2.24, 2.45) is 7.05 Å². The number of nitrogens with zero attached hydrogens (tertiary/aromatic N) is 2. The van der Waals surface area contributed by atoms with Crippen molar-refractivity contribution in [3.05, 3.63) is 107 Å². The Morgan fingerprint density at radius 1 is 0.943 bits per heavy atom. The second kappa shape index (κ2) is 7.78. The van der Waals surface area contributed by atoms with E-state index in [2.05, 4.69) is 29.1 Å². The van der Waals surface area contributed by atoms with Gasteiger partial charge in [0.15, 0.2) is 11.9 Å². The third-order valence-electron chi connectivity index (χ3n) is 6.64. The molecule has 0 saturated heterocycles. The van der Waals surface area contributed by atoms with Gasteiger partial charge in [0.1, 0.15) is 24.0 Å². The largest absolute Gasteiger partial charge is 0.456 e. The van der Waals surface area contributed by atoms with Gasteiger partial charge in [-0.1, -0.05) is 60.7 Å². The lowest BCUT2D eigenvalue weighted by Crippen LogP contribution is -2.31. The van der Waals surface area contributed by atoms with E-state index in [1.54, 1.807) is 17.7 Å². The Kier molecular flexibility index (Phi) is 3.98. The SMILES string of the molecule is [2H]C([2H])([2H])c1c[n+](C)c(-c2c(C)ccc3c2oc2c(-c4ccc5ccccc5c4)ccc([N+]#[C-])c23)cc1F. The number of hydrogen-bond donors (Lipinski definition) is 0. The van der Waals surface area contributed by atoms with Crippen LogP contribution in [0.3, 0.4) is 0 Å². The fraction of sp³-hybridized carbons (Fsp3) is 0.0968. The summed E-state index contributed by atoms with van der Waals surface area (Å²) in [6, 6.07) is 23.1. The molecule has 2 aromatic heterocycles. The molecule has 0 spiro atoms. The van der Waals surface area contributed by atoms with E-state index in [1.807, 2.05) is 43.3 Å². The van der Waals surface area contributed by atoms with Crippen LogP contribution >= 0.6 is 0 Å². The molecule has 168 valence electrons. The Morgan fingerprint density at radius 3 is 2.57 bits per heavy atom. The highest BCUT2D eigenvalue weighted by molar-refractivity contribution is 6.18. The Balaban J connectivity index is 1.67. The van der Waals surface area contributed by atoms with Crippen molar-refractivity contribution in [1.82, 2.24) is 0 Å². The van der Waals surface area contributed by atoms with Gasteiger partial charge in [-0.25, -0.2) is 13.8 Å². The molecule has 0 saturated carbocycles. The van der Waals surface area contributed by atoms with Gasteiger partial charge in [-0.05, 0) is 41.7 Å². The lowest BCUT2D eigenvalue weighted by Gasteiger charge is -2.06. The van der Waals surface area contributed by atoms with Crippen LogP contribution < -0.4 is 4.57 Å². The second-order valence-electron chi connectivity index (χ2n) is 8.78. The minimum Gasteiger partial charge on any atom is -0.456 e. The summed E-state index contributed by atoms with van der Waals surface area (Å²) in [5.41, 5.74) is 5.01. The Bertz CT molecular complexity index is 1970. The van der Waals surface area contributed by atoms with Crippen LogP contribution in [0, 0.1) is 26.2 Å². The number of aromatic nitrogens is 1. The fourth-order valence-corrected chi connectivity index (χ4v) is 4.89. The smallest absolute Gasteiger partial charge is 0.219 e. The maximum atomic E-state index is 15.0. The lowest BCUT2D eigenvalue weighted by atomic mass is 9.97. The monoisotopic (exact) mass is 460 g/mol. The molecule has 3 nitrogen and oxygen atoms in total. The second-order valence-corrected chi connectivity index (χ2v) is 8.78. The maximum Gasteiger partial charge on any atom is 0.219 e. The van der Waals surface area contributed by atoms with E-state index in [0.29, 0.717) is 33.5 Å². The fourth-order valence-electron chi connectivity index (χ4n) is 4.89. The zero-order chi connectivity index (χ0) is 26.8. The normalized spacial score (nSPS) is 13.0. The third-order valence-corrected chi connectivity index (χ3v) is 6.64. The molecule has 0 atom stereocenters. The van der Waals surface area contributed by atoms with Crippen molar-refractivity contribution in [2.45, 2.75) is 13.8 Å². The average Bonchev–Trinajstić information content (AvgIpc) is 3.28. The van der Waals surface area contributed by atoms with E-state index >= 15 is 4.39 Å². The van der Waals surface area contributed by atoms with Crippen molar-refractivity contribution in [3.8, 4) is 22.4 Å². The van der Waals surface area contributed by atoms with Crippen LogP contribution in [0.25, 0.3) is 59.9 Å². The van der Waals surface area contributed by atoms with Crippen LogP contribution in [0.5, 0.6) is 0 Å². The number of furan rings is 1. The highest BCUT2D eigenvalue weighted by atomic mass is 19.1. The molecule has 0 fully saturated rings. The minimum absolute atomic E-state index is 0.341. The number of pyridine rings is 1. The number of aryl methyl sites for hydroxylation is 3. The van der Waals surface area contributed by atoms with Gasteiger partial charge >= 0.3 is 0 Å². The molecular formula is C31H22FN2O+. The summed E-state index contributed by atoms with van der Waals surface area (Å²) < 4.78 is 46.2. The van der Waals surface area contributed by atoms with E-state index in [1.165, 1.54) is 12.3 Å². The van der Waals surface area contributed by atoms with Crippen molar-refractivity contribution < 1.29 is 17.5 Å². The Hall–Kier alpha value is -4.49. The maximum absolute atomic E-state index is 15.0. The van der Waals surface area contributed by atoms with E-state index in [4.69, 9.17) is 15.1 Å². The lowest BCUT2D eigenvalue weighted by molar-refractivity contribution is -0.661. The van der Waals surface area contributed by atoms with Gasteiger partial charge in [-0.3, -0.25) is 0 Å². The first-order valence-corrected chi connectivity index (χ1v) is 11.2. The van der Waals surface area contributed by atoms with Crippen molar-refractivity contribution >= 4 is 38.4 Å². The topological polar surface area (TPSA) is 21.4 Å². The Labute approximate surface area is 206 Å². The van der Waals surface area contributed by atoms with E-state index < -0.39 is 12.7 Å². The Morgan fingerprint density at radius 2 is 1.77 bits per heavy atom. The molecule has 2 heterocycles. The molecular weight excluding hydrogens is 435 g/mol. The summed E-state index contributed by atoms with van der Waals surface area (Å²) in [6.07, 6.45) is 1.31. The molecule has 0 radical (unpaired) electrons. The molecule has 0 aliphatic carbocycles. The van der Waals surface area contributed by atoms with Gasteiger partial charge in [0.2, 0.25) is 5.69 Å². The van der Waals surface area contributed by atoms with Gasteiger partial charge in [0.25, 0.3) is 0 Å². The summed E-state index contributed by atoms with van der Waals surface area (Å²) in [4.78, 5) is 3.76. The van der Waals surface area contributed by atoms with Gasteiger partial charge in [0.05, 0.1) is 12.1 Å². The molecule has 0 N–H and O–H groups in total. The summed E-state index contributed by atoms with van der Waals surface area (Å²) in [5, 5.41) is 3.67. The minimum atomic E-state index is -2.57. The van der Waals surface area contributed by atoms with Crippen LogP contribution in [0.2, 0.25) is 0 Å². The zero-order valence-electron chi connectivity index (χ0n) is 22.2. The number of hydrogen-bond acceptors (Lipinski definition) is 1. The van der Waals surface area contributed by atoms with Crippen LogP contribution in [0.1, 0.15) is 15.2 Å². The predicted molar refractivity (Wildman–Crippen MR) is 139 cm³/mol. The number of halogens is 1. The van der Waals surface area contributed by atoms with Crippen LogP contribution in [0.15, 0.2) is 83.4 Å². The first-order valence-electron chi connectivity index (χ1n) is 12.7. The molecule has 0 unspecified atom stereocenters. The standard InChI is InChI=1S/C31H22FN2O/c1-18-9-12-24-29-26(33-3)14-13-23(22-11-10-20-7-5-6-8-21(20)15-22)30(29)35-31(24)28(18)27-16-25(32)19(2)17-34(27)4/h5-17H,1-2,4H3/q+1/i2D3. The molecule has 0 amide bonds. The quantitative estimate of drug-likeness (QED) is 0.188. The summed E-state index contributed by atoms with van der Waals surface area (Å²) in [6.45, 7) is 7.13. The summed E-state index contributed by atoms with van der Waals surface area (Å²) in [7, 11) is 1.69. The molecule has 35 heavy (non-hydrogen) atoms. The molecule has 6 rings (SSSR count). The number of fused-ring (bicyclic) bond motifs is 4. The molecule has 4 aromatic carbocycles. The van der Waals surface area contributed by atoms with Crippen molar-refractivity contribution in [1.29, 1.82) is 0 Å². The average molecular weight is 461 g/mol. The zero-order valence-corrected chi connectivity index (χ0v) is 19.2. The predicted octanol–water partition coefficient (Wildman–Crippen LogP) is 8.20. The number of rotatable bonds is 2. The van der Waals surface area contributed by atoms with Gasteiger partial charge in [-0.2, -0.15) is 0 Å². The van der Waals surface area contributed by atoms with Gasteiger partial charge < -0.3 is 4.42 Å². The van der Waals surface area contributed by atoms with Crippen molar-refractivity contribution in [3.63, 3.8) is 0 Å². The summed E-state index contributed by atoms with van der Waals surface area (Å²) in [5.74, 6) is -0.802. The molecule has 0 bridgehead atoms. The van der Waals surface area contributed by atoms with Crippen LogP contribution in [-0.4, -0.2) is 0 Å². The van der Waals surface area contributed by atoms with Crippen LogP contribution in [0.4, 0.5) is 10.1 Å². The van der Waals surface area contributed by atoms with Gasteiger partial charge in [0, 0.05) is 32.1 Å². The molecule has 4 heteroatoms. The van der Waals surface area contributed by atoms with E-state index in [0.717, 1.165) is 32.8 Å². The van der Waals surface area contributed by atoms with Gasteiger partial charge in [-0.15, -0.1) is 0 Å². The van der Waals surface area contributed by atoms with E-state index in [-0.39, 0.29) is 5.56 Å². The highest BCUT2D eigenvalue weighted by Gasteiger charge is 2.24. The molecule has 0 aliphatic heterocycles. The first-order chi connectivity index (χ1) is 18.2. The first kappa shape index (κ1) is 17.9. The molecule has 6 aromatic rings. The molecule has 0 aliphatic rings. The van der Waals surface area contributed by atoms with Crippen molar-refractivity contribution in [2.75, 3.05) is 0 Å². The number of benzene rings is 4. The summed E-state index contributed by atoms with van der Waals surface area (Å²) >= 11 is 0. The third kappa shape index (κ3) is 3.20. The van der Waals surface area contributed by atoms with Crippen LogP contribution in [-0.2, 0) is 7.05 Å². The van der Waals surface area contributed by atoms with E-state index in [9.17, 15) is 0 Å².